The highest BCUT2D eigenvalue weighted by molar-refractivity contribution is 9.10. The first kappa shape index (κ1) is 15.3. The minimum Gasteiger partial charge on any atom is -0.322 e. The lowest BCUT2D eigenvalue weighted by Crippen LogP contribution is -2.50. The maximum atomic E-state index is 12.2. The Kier molecular flexibility index (Phi) is 5.43. The van der Waals surface area contributed by atoms with E-state index < -0.39 is 0 Å². The van der Waals surface area contributed by atoms with Crippen LogP contribution in [0.4, 0.5) is 10.5 Å². The third-order valence-corrected chi connectivity index (χ3v) is 3.85. The largest absolute Gasteiger partial charge is 0.322 e. The average molecular weight is 340 g/mol. The molecule has 1 heterocycles. The quantitative estimate of drug-likeness (QED) is 0.917. The highest BCUT2D eigenvalue weighted by atomic mass is 79.9. The molecule has 0 atom stereocenters. The minimum absolute atomic E-state index is 0.00713. The van der Waals surface area contributed by atoms with Gasteiger partial charge in [-0.3, -0.25) is 4.90 Å². The van der Waals surface area contributed by atoms with Gasteiger partial charge in [-0.2, -0.15) is 0 Å². The molecule has 1 aliphatic heterocycles. The average Bonchev–Trinajstić information content (AvgIpc) is 2.38. The van der Waals surface area contributed by atoms with E-state index in [1.54, 1.807) is 0 Å². The Morgan fingerprint density at radius 1 is 1.30 bits per heavy atom. The number of hydrogen-bond acceptors (Lipinski definition) is 2. The van der Waals surface area contributed by atoms with Crippen LogP contribution in [-0.4, -0.2) is 48.6 Å². The first-order valence-corrected chi connectivity index (χ1v) is 7.88. The maximum absolute atomic E-state index is 12.2. The van der Waals surface area contributed by atoms with Crippen molar-refractivity contribution in [3.05, 3.63) is 28.7 Å². The summed E-state index contributed by atoms with van der Waals surface area (Å²) >= 11 is 3.41. The van der Waals surface area contributed by atoms with Crippen LogP contribution in [0.5, 0.6) is 0 Å². The molecule has 2 rings (SSSR count). The lowest BCUT2D eigenvalue weighted by molar-refractivity contribution is 0.138. The molecule has 20 heavy (non-hydrogen) atoms. The lowest BCUT2D eigenvalue weighted by atomic mass is 10.2. The van der Waals surface area contributed by atoms with Gasteiger partial charge in [-0.05, 0) is 24.1 Å². The van der Waals surface area contributed by atoms with Crippen molar-refractivity contribution in [1.29, 1.82) is 0 Å². The van der Waals surface area contributed by atoms with Gasteiger partial charge in [0.25, 0.3) is 0 Å². The van der Waals surface area contributed by atoms with Gasteiger partial charge in [-0.15, -0.1) is 0 Å². The third-order valence-electron chi connectivity index (χ3n) is 3.36. The Balaban J connectivity index is 1.83. The van der Waals surface area contributed by atoms with Gasteiger partial charge in [-0.25, -0.2) is 4.79 Å². The summed E-state index contributed by atoms with van der Waals surface area (Å²) in [5.74, 6) is 0.678. The molecule has 1 aromatic rings. The van der Waals surface area contributed by atoms with E-state index in [9.17, 15) is 4.79 Å². The van der Waals surface area contributed by atoms with Gasteiger partial charge in [0.1, 0.15) is 0 Å². The van der Waals surface area contributed by atoms with Crippen LogP contribution >= 0.6 is 15.9 Å². The summed E-state index contributed by atoms with van der Waals surface area (Å²) in [5.41, 5.74) is 0.828. The third kappa shape index (κ3) is 4.49. The molecule has 0 aliphatic carbocycles. The van der Waals surface area contributed by atoms with Crippen LogP contribution in [0.3, 0.4) is 0 Å². The number of urea groups is 1. The first-order chi connectivity index (χ1) is 9.54. The number of rotatable bonds is 3. The summed E-state index contributed by atoms with van der Waals surface area (Å²) in [6.45, 7) is 9.09. The van der Waals surface area contributed by atoms with Crippen molar-refractivity contribution < 1.29 is 4.79 Å². The van der Waals surface area contributed by atoms with E-state index in [0.717, 1.165) is 42.9 Å². The van der Waals surface area contributed by atoms with Crippen LogP contribution < -0.4 is 5.32 Å². The van der Waals surface area contributed by atoms with Crippen molar-refractivity contribution in [3.63, 3.8) is 0 Å². The summed E-state index contributed by atoms with van der Waals surface area (Å²) in [6, 6.07) is 7.66. The molecule has 1 aromatic carbocycles. The molecule has 110 valence electrons. The number of anilines is 1. The Bertz CT molecular complexity index is 456. The number of halogens is 1. The van der Waals surface area contributed by atoms with E-state index in [1.165, 1.54) is 0 Å². The van der Waals surface area contributed by atoms with Crippen molar-refractivity contribution in [3.8, 4) is 0 Å². The van der Waals surface area contributed by atoms with Gasteiger partial charge in [-0.1, -0.05) is 35.8 Å². The second kappa shape index (κ2) is 7.09. The molecule has 1 saturated heterocycles. The SMILES string of the molecule is CC(C)CN1CCN(C(=O)Nc2cccc(Br)c2)CC1. The molecule has 0 spiro atoms. The Morgan fingerprint density at radius 3 is 2.60 bits per heavy atom. The van der Waals surface area contributed by atoms with Crippen molar-refractivity contribution in [1.82, 2.24) is 9.80 Å². The van der Waals surface area contributed by atoms with E-state index in [1.807, 2.05) is 29.2 Å². The number of nitrogens with one attached hydrogen (secondary N) is 1. The molecular formula is C15H22BrN3O. The molecule has 1 N–H and O–H groups in total. The molecule has 2 amide bonds. The Morgan fingerprint density at radius 2 is 2.00 bits per heavy atom. The predicted molar refractivity (Wildman–Crippen MR) is 86.0 cm³/mol. The number of amides is 2. The van der Waals surface area contributed by atoms with E-state index in [-0.39, 0.29) is 6.03 Å². The highest BCUT2D eigenvalue weighted by Crippen LogP contribution is 2.16. The monoisotopic (exact) mass is 339 g/mol. The number of benzene rings is 1. The van der Waals surface area contributed by atoms with E-state index >= 15 is 0 Å². The van der Waals surface area contributed by atoms with Gasteiger partial charge in [0.15, 0.2) is 0 Å². The van der Waals surface area contributed by atoms with Gasteiger partial charge in [0.2, 0.25) is 0 Å². The molecule has 4 nitrogen and oxygen atoms in total. The summed E-state index contributed by atoms with van der Waals surface area (Å²) in [7, 11) is 0. The first-order valence-electron chi connectivity index (χ1n) is 7.08. The highest BCUT2D eigenvalue weighted by Gasteiger charge is 2.21. The lowest BCUT2D eigenvalue weighted by Gasteiger charge is -2.35. The molecule has 0 bridgehead atoms. The smallest absolute Gasteiger partial charge is 0.321 e. The zero-order valence-corrected chi connectivity index (χ0v) is 13.7. The fraction of sp³-hybridized carbons (Fsp3) is 0.533. The number of piperazine rings is 1. The zero-order chi connectivity index (χ0) is 14.5. The van der Waals surface area contributed by atoms with Crippen LogP contribution in [0.1, 0.15) is 13.8 Å². The van der Waals surface area contributed by atoms with Crippen LogP contribution in [-0.2, 0) is 0 Å². The van der Waals surface area contributed by atoms with Gasteiger partial charge >= 0.3 is 6.03 Å². The number of carbonyl (C=O) groups is 1. The molecule has 0 saturated carbocycles. The zero-order valence-electron chi connectivity index (χ0n) is 12.1. The Labute approximate surface area is 129 Å². The molecule has 0 aromatic heterocycles. The molecule has 0 unspecified atom stereocenters. The second-order valence-corrected chi connectivity index (χ2v) is 6.54. The number of hydrogen-bond donors (Lipinski definition) is 1. The van der Waals surface area contributed by atoms with E-state index in [2.05, 4.69) is 40.0 Å². The Hall–Kier alpha value is -1.07. The predicted octanol–water partition coefficient (Wildman–Crippen LogP) is 3.25. The van der Waals surface area contributed by atoms with Gasteiger partial charge in [0.05, 0.1) is 0 Å². The molecular weight excluding hydrogens is 318 g/mol. The van der Waals surface area contributed by atoms with E-state index in [0.29, 0.717) is 5.92 Å². The van der Waals surface area contributed by atoms with Crippen molar-refractivity contribution >= 4 is 27.6 Å². The van der Waals surface area contributed by atoms with Crippen molar-refractivity contribution in [2.24, 2.45) is 5.92 Å². The topological polar surface area (TPSA) is 35.6 Å². The maximum Gasteiger partial charge on any atom is 0.321 e. The molecule has 1 aliphatic rings. The van der Waals surface area contributed by atoms with Gasteiger partial charge < -0.3 is 10.2 Å². The van der Waals surface area contributed by atoms with Crippen LogP contribution in [0.25, 0.3) is 0 Å². The fourth-order valence-corrected chi connectivity index (χ4v) is 2.82. The summed E-state index contributed by atoms with van der Waals surface area (Å²) in [5, 5.41) is 2.95. The van der Waals surface area contributed by atoms with Crippen LogP contribution in [0.15, 0.2) is 28.7 Å². The van der Waals surface area contributed by atoms with E-state index in [4.69, 9.17) is 0 Å². The summed E-state index contributed by atoms with van der Waals surface area (Å²) in [4.78, 5) is 16.5. The van der Waals surface area contributed by atoms with Crippen LogP contribution in [0.2, 0.25) is 0 Å². The summed E-state index contributed by atoms with van der Waals surface area (Å²) in [6.07, 6.45) is 0. The standard InChI is InChI=1S/C15H22BrN3O/c1-12(2)11-18-6-8-19(9-7-18)15(20)17-14-5-3-4-13(16)10-14/h3-5,10,12H,6-9,11H2,1-2H3,(H,17,20). The van der Waals surface area contributed by atoms with Gasteiger partial charge in [0, 0.05) is 42.9 Å². The number of nitrogens with zero attached hydrogens (tertiary/aromatic N) is 2. The molecule has 0 radical (unpaired) electrons. The van der Waals surface area contributed by atoms with Crippen molar-refractivity contribution in [2.45, 2.75) is 13.8 Å². The normalized spacial score (nSPS) is 16.5. The minimum atomic E-state index is -0.00713. The number of carbonyl (C=O) groups excluding carboxylic acids is 1. The fourth-order valence-electron chi connectivity index (χ4n) is 2.42. The molecule has 5 heteroatoms. The van der Waals surface area contributed by atoms with Crippen LogP contribution in [0, 0.1) is 5.92 Å². The second-order valence-electron chi connectivity index (χ2n) is 5.62. The van der Waals surface area contributed by atoms with Crippen molar-refractivity contribution in [2.75, 3.05) is 38.0 Å². The molecule has 1 fully saturated rings. The summed E-state index contributed by atoms with van der Waals surface area (Å²) < 4.78 is 0.969.